The lowest BCUT2D eigenvalue weighted by atomic mass is 10.0. The first-order valence-electron chi connectivity index (χ1n) is 13.8. The predicted octanol–water partition coefficient (Wildman–Crippen LogP) is 6.27. The molecule has 0 aliphatic heterocycles. The van der Waals surface area contributed by atoms with Gasteiger partial charge in [-0.15, -0.1) is 0 Å². The number of carbonyl (C=O) groups is 2. The average Bonchev–Trinajstić information content (AvgIpc) is 3.00. The van der Waals surface area contributed by atoms with Gasteiger partial charge in [0.15, 0.2) is 0 Å². The summed E-state index contributed by atoms with van der Waals surface area (Å²) in [4.78, 5) is 29.3. The number of aryl methyl sites for hydroxylation is 1. The van der Waals surface area contributed by atoms with E-state index in [0.717, 1.165) is 15.4 Å². The molecule has 4 rings (SSSR count). The van der Waals surface area contributed by atoms with Crippen LogP contribution >= 0.6 is 23.2 Å². The minimum Gasteiger partial charge on any atom is -0.355 e. The van der Waals surface area contributed by atoms with Crippen LogP contribution in [0.3, 0.4) is 0 Å². The third-order valence-electron chi connectivity index (χ3n) is 6.92. The fourth-order valence-electron chi connectivity index (χ4n) is 4.63. The number of benzene rings is 4. The maximum absolute atomic E-state index is 14.4. The number of hydrogen-bond acceptors (Lipinski definition) is 4. The maximum atomic E-state index is 14.4. The van der Waals surface area contributed by atoms with E-state index in [1.54, 1.807) is 55.5 Å². The number of hydrogen-bond donors (Lipinski definition) is 1. The first kappa shape index (κ1) is 32.1. The number of likely N-dealkylation sites (N-methyl/N-ethyl adjacent to an activating group) is 1. The van der Waals surface area contributed by atoms with Crippen molar-refractivity contribution in [1.29, 1.82) is 0 Å². The number of rotatable bonds is 12. The molecule has 1 N–H and O–H groups in total. The Kier molecular flexibility index (Phi) is 10.9. The number of anilines is 1. The summed E-state index contributed by atoms with van der Waals surface area (Å²) in [6, 6.07) is 28.1. The molecule has 224 valence electrons. The van der Waals surface area contributed by atoms with Crippen molar-refractivity contribution in [3.63, 3.8) is 0 Å². The SMILES string of the molecule is CCNC(=O)C(Cc1ccccc1)N(Cc1ccccc1Cl)C(=O)CN(c1ccc(C)cc1)S(=O)(=O)c1ccc(Cl)cc1. The van der Waals surface area contributed by atoms with Crippen LogP contribution in [-0.2, 0) is 32.6 Å². The van der Waals surface area contributed by atoms with E-state index in [9.17, 15) is 18.0 Å². The van der Waals surface area contributed by atoms with Crippen LogP contribution in [0.2, 0.25) is 10.0 Å². The predicted molar refractivity (Wildman–Crippen MR) is 172 cm³/mol. The van der Waals surface area contributed by atoms with Gasteiger partial charge in [0.05, 0.1) is 10.6 Å². The number of carbonyl (C=O) groups excluding carboxylic acids is 2. The van der Waals surface area contributed by atoms with Gasteiger partial charge in [0.2, 0.25) is 11.8 Å². The fourth-order valence-corrected chi connectivity index (χ4v) is 6.37. The highest BCUT2D eigenvalue weighted by Gasteiger charge is 2.34. The van der Waals surface area contributed by atoms with Crippen molar-refractivity contribution >= 4 is 50.7 Å². The van der Waals surface area contributed by atoms with Crippen LogP contribution in [0.5, 0.6) is 0 Å². The third-order valence-corrected chi connectivity index (χ3v) is 9.33. The molecule has 2 amide bonds. The molecule has 0 bridgehead atoms. The van der Waals surface area contributed by atoms with Crippen molar-refractivity contribution in [2.24, 2.45) is 0 Å². The van der Waals surface area contributed by atoms with Crippen molar-refractivity contribution in [3.8, 4) is 0 Å². The Labute approximate surface area is 263 Å². The molecule has 0 aliphatic carbocycles. The van der Waals surface area contributed by atoms with Gasteiger partial charge in [0.1, 0.15) is 12.6 Å². The quantitative estimate of drug-likeness (QED) is 0.198. The van der Waals surface area contributed by atoms with Crippen LogP contribution in [0.4, 0.5) is 5.69 Å². The Morgan fingerprint density at radius 2 is 1.47 bits per heavy atom. The molecule has 0 radical (unpaired) electrons. The zero-order valence-electron chi connectivity index (χ0n) is 23.9. The zero-order valence-corrected chi connectivity index (χ0v) is 26.2. The summed E-state index contributed by atoms with van der Waals surface area (Å²) in [6.07, 6.45) is 0.220. The summed E-state index contributed by atoms with van der Waals surface area (Å²) in [7, 11) is -4.21. The monoisotopic (exact) mass is 637 g/mol. The van der Waals surface area contributed by atoms with Crippen LogP contribution in [0.25, 0.3) is 0 Å². The highest BCUT2D eigenvalue weighted by Crippen LogP contribution is 2.27. The van der Waals surface area contributed by atoms with Crippen LogP contribution < -0.4 is 9.62 Å². The van der Waals surface area contributed by atoms with Crippen LogP contribution in [0.1, 0.15) is 23.6 Å². The second-order valence-corrected chi connectivity index (χ2v) is 12.7. The first-order valence-corrected chi connectivity index (χ1v) is 16.0. The van der Waals surface area contributed by atoms with E-state index in [2.05, 4.69) is 5.32 Å². The second-order valence-electron chi connectivity index (χ2n) is 10.0. The van der Waals surface area contributed by atoms with Gasteiger partial charge in [-0.2, -0.15) is 0 Å². The van der Waals surface area contributed by atoms with E-state index in [4.69, 9.17) is 23.2 Å². The van der Waals surface area contributed by atoms with Crippen molar-refractivity contribution in [3.05, 3.63) is 130 Å². The molecule has 0 fully saturated rings. The summed E-state index contributed by atoms with van der Waals surface area (Å²) >= 11 is 12.5. The molecule has 43 heavy (non-hydrogen) atoms. The lowest BCUT2D eigenvalue weighted by Gasteiger charge is -2.34. The maximum Gasteiger partial charge on any atom is 0.264 e. The van der Waals surface area contributed by atoms with Crippen molar-refractivity contribution in [1.82, 2.24) is 10.2 Å². The van der Waals surface area contributed by atoms with E-state index in [1.807, 2.05) is 37.3 Å². The number of sulfonamides is 1. The van der Waals surface area contributed by atoms with Gasteiger partial charge < -0.3 is 10.2 Å². The molecule has 0 heterocycles. The molecular formula is C33H33Cl2N3O4S. The Morgan fingerprint density at radius 1 is 0.837 bits per heavy atom. The number of nitrogens with one attached hydrogen (secondary N) is 1. The largest absolute Gasteiger partial charge is 0.355 e. The smallest absolute Gasteiger partial charge is 0.264 e. The Hall–Kier alpha value is -3.85. The molecular weight excluding hydrogens is 605 g/mol. The molecule has 0 saturated carbocycles. The minimum absolute atomic E-state index is 0.00410. The lowest BCUT2D eigenvalue weighted by Crippen LogP contribution is -2.53. The molecule has 0 aromatic heterocycles. The van der Waals surface area contributed by atoms with Crippen molar-refractivity contribution in [2.75, 3.05) is 17.4 Å². The molecule has 0 spiro atoms. The van der Waals surface area contributed by atoms with Crippen molar-refractivity contribution < 1.29 is 18.0 Å². The molecule has 1 unspecified atom stereocenters. The van der Waals surface area contributed by atoms with Gasteiger partial charge in [0, 0.05) is 29.6 Å². The van der Waals surface area contributed by atoms with E-state index in [-0.39, 0.29) is 23.8 Å². The molecule has 0 aliphatic rings. The standard InChI is InChI=1S/C33H33Cl2N3O4S/c1-3-36-33(40)31(21-25-9-5-4-6-10-25)37(22-26-11-7-8-12-30(26)35)32(39)23-38(28-17-13-24(2)14-18-28)43(41,42)29-19-15-27(34)16-20-29/h4-20,31H,3,21-23H2,1-2H3,(H,36,40). The molecule has 4 aromatic rings. The van der Waals surface area contributed by atoms with Gasteiger partial charge in [-0.1, -0.05) is 89.4 Å². The molecule has 10 heteroatoms. The van der Waals surface area contributed by atoms with Gasteiger partial charge in [-0.25, -0.2) is 8.42 Å². The highest BCUT2D eigenvalue weighted by molar-refractivity contribution is 7.92. The van der Waals surface area contributed by atoms with E-state index < -0.39 is 28.5 Å². The van der Waals surface area contributed by atoms with Crippen LogP contribution in [0, 0.1) is 6.92 Å². The van der Waals surface area contributed by atoms with E-state index in [0.29, 0.717) is 27.8 Å². The Balaban J connectivity index is 1.80. The summed E-state index contributed by atoms with van der Waals surface area (Å²) in [5.74, 6) is -0.917. The van der Waals surface area contributed by atoms with Gasteiger partial charge in [-0.05, 0) is 67.4 Å². The molecule has 0 saturated heterocycles. The van der Waals surface area contributed by atoms with Gasteiger partial charge >= 0.3 is 0 Å². The summed E-state index contributed by atoms with van der Waals surface area (Å²) in [5, 5.41) is 3.66. The summed E-state index contributed by atoms with van der Waals surface area (Å²) in [5.41, 5.74) is 2.71. The fraction of sp³-hybridized carbons (Fsp3) is 0.212. The van der Waals surface area contributed by atoms with Crippen molar-refractivity contribution in [2.45, 2.75) is 37.8 Å². The number of halogens is 2. The van der Waals surface area contributed by atoms with Crippen LogP contribution in [0.15, 0.2) is 108 Å². The highest BCUT2D eigenvalue weighted by atomic mass is 35.5. The lowest BCUT2D eigenvalue weighted by molar-refractivity contribution is -0.140. The van der Waals surface area contributed by atoms with E-state index >= 15 is 0 Å². The van der Waals surface area contributed by atoms with Gasteiger partial charge in [-0.3, -0.25) is 13.9 Å². The molecule has 1 atom stereocenters. The second kappa shape index (κ2) is 14.6. The van der Waals surface area contributed by atoms with Crippen LogP contribution in [-0.4, -0.2) is 44.3 Å². The number of nitrogens with zero attached hydrogens (tertiary/aromatic N) is 2. The first-order chi connectivity index (χ1) is 20.6. The number of amides is 2. The zero-order chi connectivity index (χ0) is 31.0. The summed E-state index contributed by atoms with van der Waals surface area (Å²) in [6.45, 7) is 3.49. The Morgan fingerprint density at radius 3 is 2.09 bits per heavy atom. The molecule has 7 nitrogen and oxygen atoms in total. The topological polar surface area (TPSA) is 86.8 Å². The summed E-state index contributed by atoms with van der Waals surface area (Å²) < 4.78 is 29.1. The Bertz CT molecular complexity index is 1650. The normalized spacial score (nSPS) is 11.9. The van der Waals surface area contributed by atoms with E-state index in [1.165, 1.54) is 29.2 Å². The van der Waals surface area contributed by atoms with Gasteiger partial charge in [0.25, 0.3) is 10.0 Å². The third kappa shape index (κ3) is 8.16. The average molecular weight is 639 g/mol. The molecule has 4 aromatic carbocycles. The minimum atomic E-state index is -4.21.